The number of ether oxygens (including phenoxy) is 1. The van der Waals surface area contributed by atoms with Crippen LogP contribution in [0.4, 0.5) is 4.79 Å². The van der Waals surface area contributed by atoms with Crippen molar-refractivity contribution in [2.45, 2.75) is 26.3 Å². The van der Waals surface area contributed by atoms with E-state index in [0.717, 1.165) is 6.42 Å². The number of carbonyl (C=O) groups excluding carboxylic acids is 1. The maximum Gasteiger partial charge on any atom is 0.317 e. The zero-order valence-electron chi connectivity index (χ0n) is 11.2. The molecule has 0 aliphatic carbocycles. The molecular weight excluding hydrogens is 236 g/mol. The molecule has 2 atom stereocenters. The summed E-state index contributed by atoms with van der Waals surface area (Å²) in [6.07, 6.45) is 0.808. The summed E-state index contributed by atoms with van der Waals surface area (Å²) in [6, 6.07) is -0.119. The van der Waals surface area contributed by atoms with Crippen molar-refractivity contribution in [2.24, 2.45) is 11.8 Å². The van der Waals surface area contributed by atoms with Gasteiger partial charge in [-0.15, -0.1) is 0 Å². The summed E-state index contributed by atoms with van der Waals surface area (Å²) >= 11 is 0. The second kappa shape index (κ2) is 6.58. The van der Waals surface area contributed by atoms with Crippen LogP contribution in [0.5, 0.6) is 0 Å². The van der Waals surface area contributed by atoms with Crippen molar-refractivity contribution in [1.82, 2.24) is 10.2 Å². The number of urea groups is 1. The van der Waals surface area contributed by atoms with Gasteiger partial charge in [0.15, 0.2) is 0 Å². The highest BCUT2D eigenvalue weighted by Gasteiger charge is 2.37. The molecule has 1 aliphatic heterocycles. The van der Waals surface area contributed by atoms with E-state index in [4.69, 9.17) is 9.84 Å². The molecule has 0 aromatic heterocycles. The summed E-state index contributed by atoms with van der Waals surface area (Å²) in [6.45, 7) is 5.19. The van der Waals surface area contributed by atoms with Crippen LogP contribution in [0, 0.1) is 11.8 Å². The van der Waals surface area contributed by atoms with E-state index in [0.29, 0.717) is 19.7 Å². The van der Waals surface area contributed by atoms with Gasteiger partial charge >= 0.3 is 12.0 Å². The molecule has 2 unspecified atom stereocenters. The summed E-state index contributed by atoms with van der Waals surface area (Å²) in [4.78, 5) is 24.2. The van der Waals surface area contributed by atoms with Gasteiger partial charge in [0.2, 0.25) is 0 Å². The minimum Gasteiger partial charge on any atom is -0.481 e. The first-order chi connectivity index (χ1) is 8.49. The molecule has 1 rings (SSSR count). The number of aliphatic carboxylic acids is 1. The Hall–Kier alpha value is -1.30. The van der Waals surface area contributed by atoms with Crippen molar-refractivity contribution in [1.29, 1.82) is 0 Å². The highest BCUT2D eigenvalue weighted by Crippen LogP contribution is 2.23. The largest absolute Gasteiger partial charge is 0.481 e. The summed E-state index contributed by atoms with van der Waals surface area (Å²) in [5.74, 6) is -1.13. The van der Waals surface area contributed by atoms with Crippen molar-refractivity contribution in [2.75, 3.05) is 26.8 Å². The van der Waals surface area contributed by atoms with E-state index in [1.807, 2.05) is 6.92 Å². The molecule has 2 N–H and O–H groups in total. The van der Waals surface area contributed by atoms with Crippen molar-refractivity contribution in [3.8, 4) is 0 Å². The third-order valence-corrected chi connectivity index (χ3v) is 3.48. The van der Waals surface area contributed by atoms with Crippen LogP contribution >= 0.6 is 0 Å². The van der Waals surface area contributed by atoms with E-state index < -0.39 is 11.9 Å². The van der Waals surface area contributed by atoms with Crippen LogP contribution in [0.25, 0.3) is 0 Å². The predicted molar refractivity (Wildman–Crippen MR) is 66.3 cm³/mol. The number of methoxy groups -OCH3 is 1. The number of amides is 2. The first-order valence-corrected chi connectivity index (χ1v) is 6.26. The number of nitrogens with one attached hydrogen (secondary N) is 1. The molecular formula is C12H22N2O4. The van der Waals surface area contributed by atoms with Gasteiger partial charge in [-0.2, -0.15) is 0 Å². The van der Waals surface area contributed by atoms with Crippen molar-refractivity contribution in [3.05, 3.63) is 0 Å². The minimum absolute atomic E-state index is 0.0125. The maximum absolute atomic E-state index is 11.8. The number of likely N-dealkylation sites (tertiary alicyclic amines) is 1. The summed E-state index contributed by atoms with van der Waals surface area (Å²) in [5, 5.41) is 11.7. The van der Waals surface area contributed by atoms with Gasteiger partial charge in [-0.3, -0.25) is 4.79 Å². The Morgan fingerprint density at radius 1 is 1.50 bits per heavy atom. The molecule has 0 spiro atoms. The van der Waals surface area contributed by atoms with Crippen LogP contribution in [0.2, 0.25) is 0 Å². The molecule has 2 amide bonds. The van der Waals surface area contributed by atoms with Crippen LogP contribution in [0.15, 0.2) is 0 Å². The van der Waals surface area contributed by atoms with Crippen LogP contribution < -0.4 is 5.32 Å². The Balaban J connectivity index is 2.32. The number of hydrogen-bond acceptors (Lipinski definition) is 3. The Morgan fingerprint density at radius 3 is 2.56 bits per heavy atom. The first kappa shape index (κ1) is 14.8. The fourth-order valence-corrected chi connectivity index (χ4v) is 1.93. The quantitative estimate of drug-likeness (QED) is 0.737. The Morgan fingerprint density at radius 2 is 2.11 bits per heavy atom. The number of rotatable bonds is 6. The van der Waals surface area contributed by atoms with E-state index in [9.17, 15) is 9.59 Å². The Labute approximate surface area is 107 Å². The highest BCUT2D eigenvalue weighted by molar-refractivity contribution is 5.76. The average Bonchev–Trinajstić information content (AvgIpc) is 2.26. The topological polar surface area (TPSA) is 78.9 Å². The van der Waals surface area contributed by atoms with Crippen LogP contribution in [-0.4, -0.2) is 54.9 Å². The molecule has 6 heteroatoms. The van der Waals surface area contributed by atoms with Crippen molar-refractivity contribution in [3.63, 3.8) is 0 Å². The third-order valence-electron chi connectivity index (χ3n) is 3.48. The zero-order chi connectivity index (χ0) is 13.7. The Bertz CT molecular complexity index is 302. The fraction of sp³-hybridized carbons (Fsp3) is 0.833. The second-order valence-electron chi connectivity index (χ2n) is 4.80. The van der Waals surface area contributed by atoms with Gasteiger partial charge in [0.25, 0.3) is 0 Å². The lowest BCUT2D eigenvalue weighted by atomic mass is 9.87. The smallest absolute Gasteiger partial charge is 0.317 e. The number of hydrogen-bond donors (Lipinski definition) is 2. The minimum atomic E-state index is -0.800. The van der Waals surface area contributed by atoms with Gasteiger partial charge in [0.05, 0.1) is 18.6 Å². The molecule has 1 heterocycles. The van der Waals surface area contributed by atoms with E-state index in [1.54, 1.807) is 18.9 Å². The predicted octanol–water partition coefficient (Wildman–Crippen LogP) is 0.773. The SMILES string of the molecule is CCC(COC)NC(=O)N1CC(C(C)C(=O)O)C1. The van der Waals surface area contributed by atoms with Crippen LogP contribution in [0.1, 0.15) is 20.3 Å². The normalized spacial score (nSPS) is 18.9. The lowest BCUT2D eigenvalue weighted by Gasteiger charge is -2.41. The second-order valence-corrected chi connectivity index (χ2v) is 4.80. The van der Waals surface area contributed by atoms with E-state index in [2.05, 4.69) is 5.32 Å². The summed E-state index contributed by atoms with van der Waals surface area (Å²) < 4.78 is 5.01. The standard InChI is InChI=1S/C12H22N2O4/c1-4-10(7-18-3)13-12(17)14-5-9(6-14)8(2)11(15)16/h8-10H,4-7H2,1-3H3,(H,13,17)(H,15,16). The molecule has 1 aliphatic rings. The average molecular weight is 258 g/mol. The van der Waals surface area contributed by atoms with Gasteiger partial charge < -0.3 is 20.1 Å². The van der Waals surface area contributed by atoms with Gasteiger partial charge in [-0.1, -0.05) is 13.8 Å². The zero-order valence-corrected chi connectivity index (χ0v) is 11.2. The number of carboxylic acid groups (broad SMARTS) is 1. The summed E-state index contributed by atoms with van der Waals surface area (Å²) in [7, 11) is 1.60. The number of carboxylic acids is 1. The van der Waals surface area contributed by atoms with E-state index >= 15 is 0 Å². The van der Waals surface area contributed by atoms with Gasteiger partial charge in [-0.05, 0) is 6.42 Å². The van der Waals surface area contributed by atoms with Crippen molar-refractivity contribution < 1.29 is 19.4 Å². The molecule has 0 radical (unpaired) electrons. The molecule has 0 bridgehead atoms. The van der Waals surface area contributed by atoms with Gasteiger partial charge in [-0.25, -0.2) is 4.79 Å². The molecule has 104 valence electrons. The number of carbonyl (C=O) groups is 2. The van der Waals surface area contributed by atoms with E-state index in [-0.39, 0.29) is 18.0 Å². The number of nitrogens with zero attached hydrogens (tertiary/aromatic N) is 1. The van der Waals surface area contributed by atoms with Crippen molar-refractivity contribution >= 4 is 12.0 Å². The molecule has 6 nitrogen and oxygen atoms in total. The van der Waals surface area contributed by atoms with E-state index in [1.165, 1.54) is 0 Å². The molecule has 1 saturated heterocycles. The highest BCUT2D eigenvalue weighted by atomic mass is 16.5. The third kappa shape index (κ3) is 3.60. The summed E-state index contributed by atoms with van der Waals surface area (Å²) in [5.41, 5.74) is 0. The lowest BCUT2D eigenvalue weighted by Crippen LogP contribution is -2.58. The van der Waals surface area contributed by atoms with Gasteiger partial charge in [0, 0.05) is 26.1 Å². The first-order valence-electron chi connectivity index (χ1n) is 6.26. The van der Waals surface area contributed by atoms with Gasteiger partial charge in [0.1, 0.15) is 0 Å². The molecule has 0 aromatic rings. The fourth-order valence-electron chi connectivity index (χ4n) is 1.93. The lowest BCUT2D eigenvalue weighted by molar-refractivity contribution is -0.144. The molecule has 0 saturated carbocycles. The molecule has 0 aromatic carbocycles. The van der Waals surface area contributed by atoms with Crippen LogP contribution in [0.3, 0.4) is 0 Å². The molecule has 18 heavy (non-hydrogen) atoms. The Kier molecular flexibility index (Phi) is 5.40. The maximum atomic E-state index is 11.8. The van der Waals surface area contributed by atoms with Crippen LogP contribution in [-0.2, 0) is 9.53 Å². The molecule has 1 fully saturated rings. The monoisotopic (exact) mass is 258 g/mol.